The first-order valence-electron chi connectivity index (χ1n) is 5.22. The van der Waals surface area contributed by atoms with Crippen molar-refractivity contribution in [2.45, 2.75) is 38.6 Å². The van der Waals surface area contributed by atoms with E-state index in [-0.39, 0.29) is 18.4 Å². The van der Waals surface area contributed by atoms with Gasteiger partial charge in [-0.25, -0.2) is 8.42 Å². The summed E-state index contributed by atoms with van der Waals surface area (Å²) in [5.74, 6) is 0.198. The molecule has 0 saturated carbocycles. The van der Waals surface area contributed by atoms with Crippen LogP contribution in [0.15, 0.2) is 0 Å². The Kier molecular flexibility index (Phi) is 4.34. The standard InChI is InChI=1S/C9H19NO3S/c1-2-7-14(12,13)10-6-4-3-5-9(10)8-11/h9,11H,2-8H2,1H3. The molecule has 0 amide bonds. The molecule has 1 saturated heterocycles. The van der Waals surface area contributed by atoms with Gasteiger partial charge < -0.3 is 5.11 Å². The van der Waals surface area contributed by atoms with E-state index in [4.69, 9.17) is 5.11 Å². The largest absolute Gasteiger partial charge is 0.395 e. The molecule has 14 heavy (non-hydrogen) atoms. The maximum atomic E-state index is 11.8. The van der Waals surface area contributed by atoms with E-state index in [0.29, 0.717) is 13.0 Å². The molecule has 1 atom stereocenters. The van der Waals surface area contributed by atoms with Gasteiger partial charge in [-0.2, -0.15) is 4.31 Å². The molecule has 1 aliphatic heterocycles. The maximum absolute atomic E-state index is 11.8. The Hall–Kier alpha value is -0.130. The lowest BCUT2D eigenvalue weighted by Crippen LogP contribution is -2.46. The third-order valence-corrected chi connectivity index (χ3v) is 4.72. The Labute approximate surface area is 86.0 Å². The fourth-order valence-electron chi connectivity index (χ4n) is 1.90. The first kappa shape index (κ1) is 11.9. The monoisotopic (exact) mass is 221 g/mol. The van der Waals surface area contributed by atoms with Gasteiger partial charge in [0.05, 0.1) is 12.4 Å². The van der Waals surface area contributed by atoms with Crippen molar-refractivity contribution in [1.29, 1.82) is 0 Å². The molecule has 1 aliphatic rings. The first-order valence-corrected chi connectivity index (χ1v) is 6.83. The Balaban J connectivity index is 2.72. The summed E-state index contributed by atoms with van der Waals surface area (Å²) < 4.78 is 25.0. The van der Waals surface area contributed by atoms with Gasteiger partial charge in [-0.15, -0.1) is 0 Å². The van der Waals surface area contributed by atoms with Crippen LogP contribution in [0.3, 0.4) is 0 Å². The van der Waals surface area contributed by atoms with Crippen molar-refractivity contribution in [3.05, 3.63) is 0 Å². The van der Waals surface area contributed by atoms with Crippen LogP contribution < -0.4 is 0 Å². The summed E-state index contributed by atoms with van der Waals surface area (Å²) in [7, 11) is -3.12. The Morgan fingerprint density at radius 1 is 1.43 bits per heavy atom. The van der Waals surface area contributed by atoms with Crippen LogP contribution in [0.25, 0.3) is 0 Å². The summed E-state index contributed by atoms with van der Waals surface area (Å²) in [6, 6.07) is -0.180. The third kappa shape index (κ3) is 2.68. The molecule has 0 aromatic carbocycles. The van der Waals surface area contributed by atoms with Crippen LogP contribution in [0.5, 0.6) is 0 Å². The normalized spacial score (nSPS) is 25.1. The van der Waals surface area contributed by atoms with E-state index < -0.39 is 10.0 Å². The average Bonchev–Trinajstić information content (AvgIpc) is 2.18. The molecular weight excluding hydrogens is 202 g/mol. The summed E-state index contributed by atoms with van der Waals surface area (Å²) in [6.07, 6.45) is 3.36. The van der Waals surface area contributed by atoms with E-state index in [1.54, 1.807) is 0 Å². The molecular formula is C9H19NO3S. The van der Waals surface area contributed by atoms with Crippen molar-refractivity contribution < 1.29 is 13.5 Å². The minimum atomic E-state index is -3.12. The van der Waals surface area contributed by atoms with Gasteiger partial charge >= 0.3 is 0 Å². The van der Waals surface area contributed by atoms with Crippen LogP contribution in [0, 0.1) is 0 Å². The highest BCUT2D eigenvalue weighted by Crippen LogP contribution is 2.20. The number of rotatable bonds is 4. The van der Waals surface area contributed by atoms with E-state index in [9.17, 15) is 8.42 Å². The molecule has 0 aromatic rings. The average molecular weight is 221 g/mol. The zero-order chi connectivity index (χ0) is 10.6. The third-order valence-electron chi connectivity index (χ3n) is 2.60. The van der Waals surface area contributed by atoms with E-state index in [1.807, 2.05) is 6.92 Å². The molecule has 1 fully saturated rings. The quantitative estimate of drug-likeness (QED) is 0.755. The highest BCUT2D eigenvalue weighted by atomic mass is 32.2. The number of nitrogens with zero attached hydrogens (tertiary/aromatic N) is 1. The molecule has 5 heteroatoms. The first-order chi connectivity index (χ1) is 6.61. The minimum absolute atomic E-state index is 0.0526. The molecule has 0 radical (unpaired) electrons. The number of hydrogen-bond donors (Lipinski definition) is 1. The van der Waals surface area contributed by atoms with Gasteiger partial charge in [-0.3, -0.25) is 0 Å². The van der Waals surface area contributed by atoms with Crippen molar-refractivity contribution in [3.63, 3.8) is 0 Å². The predicted molar refractivity (Wildman–Crippen MR) is 55.5 cm³/mol. The lowest BCUT2D eigenvalue weighted by molar-refractivity contribution is 0.155. The Bertz CT molecular complexity index is 263. The van der Waals surface area contributed by atoms with E-state index in [1.165, 1.54) is 4.31 Å². The second kappa shape index (κ2) is 5.09. The van der Waals surface area contributed by atoms with Crippen LogP contribution in [-0.2, 0) is 10.0 Å². The molecule has 0 bridgehead atoms. The van der Waals surface area contributed by atoms with Crippen LogP contribution in [0.4, 0.5) is 0 Å². The van der Waals surface area contributed by atoms with Gasteiger partial charge in [0.25, 0.3) is 0 Å². The lowest BCUT2D eigenvalue weighted by Gasteiger charge is -2.33. The molecule has 0 spiro atoms. The summed E-state index contributed by atoms with van der Waals surface area (Å²) in [4.78, 5) is 0. The van der Waals surface area contributed by atoms with E-state index in [0.717, 1.165) is 19.3 Å². The fraction of sp³-hybridized carbons (Fsp3) is 1.00. The van der Waals surface area contributed by atoms with Crippen LogP contribution in [-0.4, -0.2) is 42.8 Å². The van der Waals surface area contributed by atoms with Crippen LogP contribution in [0.1, 0.15) is 32.6 Å². The van der Waals surface area contributed by atoms with Crippen molar-refractivity contribution in [2.24, 2.45) is 0 Å². The maximum Gasteiger partial charge on any atom is 0.214 e. The molecule has 1 rings (SSSR count). The highest BCUT2D eigenvalue weighted by molar-refractivity contribution is 7.89. The topological polar surface area (TPSA) is 57.6 Å². The fourth-order valence-corrected chi connectivity index (χ4v) is 3.68. The zero-order valence-electron chi connectivity index (χ0n) is 8.65. The number of sulfonamides is 1. The molecule has 0 aliphatic carbocycles. The zero-order valence-corrected chi connectivity index (χ0v) is 9.46. The van der Waals surface area contributed by atoms with Gasteiger partial charge in [0.1, 0.15) is 0 Å². The van der Waals surface area contributed by atoms with Crippen LogP contribution >= 0.6 is 0 Å². The summed E-state index contributed by atoms with van der Waals surface area (Å²) in [5.41, 5.74) is 0. The van der Waals surface area contributed by atoms with Gasteiger partial charge in [-0.05, 0) is 19.3 Å². The van der Waals surface area contributed by atoms with Gasteiger partial charge in [0.15, 0.2) is 0 Å². The lowest BCUT2D eigenvalue weighted by atomic mass is 10.1. The van der Waals surface area contributed by atoms with Gasteiger partial charge in [-0.1, -0.05) is 13.3 Å². The summed E-state index contributed by atoms with van der Waals surface area (Å²) in [5, 5.41) is 9.09. The minimum Gasteiger partial charge on any atom is -0.395 e. The Morgan fingerprint density at radius 2 is 2.14 bits per heavy atom. The predicted octanol–water partition coefficient (Wildman–Crippen LogP) is 0.573. The highest BCUT2D eigenvalue weighted by Gasteiger charge is 2.30. The molecule has 0 aromatic heterocycles. The summed E-state index contributed by atoms with van der Waals surface area (Å²) >= 11 is 0. The summed E-state index contributed by atoms with van der Waals surface area (Å²) in [6.45, 7) is 2.38. The van der Waals surface area contributed by atoms with Crippen molar-refractivity contribution >= 4 is 10.0 Å². The Morgan fingerprint density at radius 3 is 2.71 bits per heavy atom. The molecule has 4 nitrogen and oxygen atoms in total. The molecule has 84 valence electrons. The number of aliphatic hydroxyl groups excluding tert-OH is 1. The van der Waals surface area contributed by atoms with Crippen molar-refractivity contribution in [3.8, 4) is 0 Å². The van der Waals surface area contributed by atoms with Crippen molar-refractivity contribution in [2.75, 3.05) is 18.9 Å². The SMILES string of the molecule is CCCS(=O)(=O)N1CCCCC1CO. The van der Waals surface area contributed by atoms with Gasteiger partial charge in [0, 0.05) is 12.6 Å². The number of aliphatic hydroxyl groups is 1. The van der Waals surface area contributed by atoms with Crippen LogP contribution in [0.2, 0.25) is 0 Å². The molecule has 1 unspecified atom stereocenters. The number of hydrogen-bond acceptors (Lipinski definition) is 3. The second-order valence-electron chi connectivity index (χ2n) is 3.76. The van der Waals surface area contributed by atoms with Crippen molar-refractivity contribution in [1.82, 2.24) is 4.31 Å². The molecule has 1 heterocycles. The van der Waals surface area contributed by atoms with E-state index >= 15 is 0 Å². The van der Waals surface area contributed by atoms with Gasteiger partial charge in [0.2, 0.25) is 10.0 Å². The molecule has 1 N–H and O–H groups in total. The second-order valence-corrected chi connectivity index (χ2v) is 5.80. The number of piperidine rings is 1. The van der Waals surface area contributed by atoms with E-state index in [2.05, 4.69) is 0 Å². The smallest absolute Gasteiger partial charge is 0.214 e.